The molecule has 2 rings (SSSR count). The number of aromatic nitrogens is 1. The van der Waals surface area contributed by atoms with Crippen LogP contribution < -0.4 is 5.32 Å². The van der Waals surface area contributed by atoms with Gasteiger partial charge < -0.3 is 5.32 Å². The predicted octanol–water partition coefficient (Wildman–Crippen LogP) is 3.98. The highest BCUT2D eigenvalue weighted by Gasteiger charge is 2.12. The van der Waals surface area contributed by atoms with Gasteiger partial charge in [0.25, 0.3) is 0 Å². The fourth-order valence-electron chi connectivity index (χ4n) is 2.59. The number of rotatable bonds is 6. The summed E-state index contributed by atoms with van der Waals surface area (Å²) in [6.07, 6.45) is 5.89. The highest BCUT2D eigenvalue weighted by molar-refractivity contribution is 5.31. The highest BCUT2D eigenvalue weighted by atomic mass is 14.9. The fourth-order valence-corrected chi connectivity index (χ4v) is 2.59. The second-order valence-corrected chi connectivity index (χ2v) is 5.49. The van der Waals surface area contributed by atoms with Crippen LogP contribution in [0.3, 0.4) is 0 Å². The Morgan fingerprint density at radius 3 is 2.30 bits per heavy atom. The molecule has 0 aliphatic heterocycles. The maximum atomic E-state index is 4.10. The molecule has 1 aromatic carbocycles. The van der Waals surface area contributed by atoms with Gasteiger partial charge in [-0.25, -0.2) is 0 Å². The number of nitrogens with zero attached hydrogens (tertiary/aromatic N) is 1. The molecule has 1 unspecified atom stereocenters. The fraction of sp³-hybridized carbons (Fsp3) is 0.389. The number of hydrogen-bond donors (Lipinski definition) is 1. The Balaban J connectivity index is 2.22. The van der Waals surface area contributed by atoms with Crippen molar-refractivity contribution in [2.45, 2.75) is 39.7 Å². The maximum Gasteiger partial charge on any atom is 0.0361 e. The van der Waals surface area contributed by atoms with Crippen molar-refractivity contribution in [1.82, 2.24) is 10.3 Å². The molecule has 0 fully saturated rings. The SMILES string of the molecule is CCCNC(Cc1ccncc1)c1cc(C)cc(C)c1. The van der Waals surface area contributed by atoms with Crippen LogP contribution in [0, 0.1) is 13.8 Å². The summed E-state index contributed by atoms with van der Waals surface area (Å²) in [6.45, 7) is 7.58. The second-order valence-electron chi connectivity index (χ2n) is 5.49. The lowest BCUT2D eigenvalue weighted by Crippen LogP contribution is -2.24. The zero-order valence-corrected chi connectivity index (χ0v) is 12.7. The molecule has 0 aliphatic rings. The minimum Gasteiger partial charge on any atom is -0.310 e. The molecular weight excluding hydrogens is 244 g/mol. The van der Waals surface area contributed by atoms with Crippen molar-refractivity contribution in [3.8, 4) is 0 Å². The van der Waals surface area contributed by atoms with Crippen LogP contribution in [0.25, 0.3) is 0 Å². The van der Waals surface area contributed by atoms with Gasteiger partial charge in [0.15, 0.2) is 0 Å². The van der Waals surface area contributed by atoms with Crippen molar-refractivity contribution < 1.29 is 0 Å². The van der Waals surface area contributed by atoms with Crippen LogP contribution in [0.15, 0.2) is 42.7 Å². The van der Waals surface area contributed by atoms with E-state index in [1.165, 1.54) is 22.3 Å². The van der Waals surface area contributed by atoms with E-state index >= 15 is 0 Å². The molecule has 1 heterocycles. The molecule has 0 spiro atoms. The van der Waals surface area contributed by atoms with Gasteiger partial charge in [-0.2, -0.15) is 0 Å². The Labute approximate surface area is 122 Å². The highest BCUT2D eigenvalue weighted by Crippen LogP contribution is 2.21. The van der Waals surface area contributed by atoms with Crippen LogP contribution in [0.1, 0.15) is 41.6 Å². The van der Waals surface area contributed by atoms with E-state index < -0.39 is 0 Å². The average Bonchev–Trinajstić information content (AvgIpc) is 2.43. The monoisotopic (exact) mass is 268 g/mol. The summed E-state index contributed by atoms with van der Waals surface area (Å²) >= 11 is 0. The van der Waals surface area contributed by atoms with Crippen LogP contribution in [-0.2, 0) is 6.42 Å². The number of aryl methyl sites for hydroxylation is 2. The van der Waals surface area contributed by atoms with Crippen molar-refractivity contribution in [1.29, 1.82) is 0 Å². The molecule has 1 N–H and O–H groups in total. The summed E-state index contributed by atoms with van der Waals surface area (Å²) in [5, 5.41) is 3.67. The van der Waals surface area contributed by atoms with Gasteiger partial charge >= 0.3 is 0 Å². The molecule has 2 aromatic rings. The Kier molecular flexibility index (Phi) is 5.31. The van der Waals surface area contributed by atoms with E-state index in [1.54, 1.807) is 0 Å². The summed E-state index contributed by atoms with van der Waals surface area (Å²) in [5.74, 6) is 0. The first kappa shape index (κ1) is 14.7. The Hall–Kier alpha value is -1.67. The second kappa shape index (κ2) is 7.20. The van der Waals surface area contributed by atoms with E-state index in [0.717, 1.165) is 19.4 Å². The molecule has 0 saturated carbocycles. The van der Waals surface area contributed by atoms with Crippen LogP contribution >= 0.6 is 0 Å². The van der Waals surface area contributed by atoms with Crippen molar-refractivity contribution in [3.63, 3.8) is 0 Å². The molecule has 0 saturated heterocycles. The first-order valence-corrected chi connectivity index (χ1v) is 7.39. The van der Waals surface area contributed by atoms with E-state index in [4.69, 9.17) is 0 Å². The zero-order chi connectivity index (χ0) is 14.4. The summed E-state index contributed by atoms with van der Waals surface area (Å²) < 4.78 is 0. The van der Waals surface area contributed by atoms with Gasteiger partial charge in [-0.3, -0.25) is 4.98 Å². The lowest BCUT2D eigenvalue weighted by Gasteiger charge is -2.20. The van der Waals surface area contributed by atoms with E-state index in [-0.39, 0.29) is 0 Å². The first-order chi connectivity index (χ1) is 9.69. The summed E-state index contributed by atoms with van der Waals surface area (Å²) in [5.41, 5.74) is 5.37. The maximum absolute atomic E-state index is 4.10. The van der Waals surface area contributed by atoms with Gasteiger partial charge in [-0.15, -0.1) is 0 Å². The van der Waals surface area contributed by atoms with Crippen LogP contribution in [-0.4, -0.2) is 11.5 Å². The van der Waals surface area contributed by atoms with E-state index in [2.05, 4.69) is 61.4 Å². The van der Waals surface area contributed by atoms with Gasteiger partial charge in [0.05, 0.1) is 0 Å². The smallest absolute Gasteiger partial charge is 0.0361 e. The minimum atomic E-state index is 0.371. The molecular formula is C18H24N2. The minimum absolute atomic E-state index is 0.371. The normalized spacial score (nSPS) is 12.3. The lowest BCUT2D eigenvalue weighted by molar-refractivity contribution is 0.528. The van der Waals surface area contributed by atoms with Gasteiger partial charge in [0, 0.05) is 18.4 Å². The number of benzene rings is 1. The quantitative estimate of drug-likeness (QED) is 0.857. The van der Waals surface area contributed by atoms with Gasteiger partial charge in [-0.1, -0.05) is 36.2 Å². The summed E-state index contributed by atoms with van der Waals surface area (Å²) in [6, 6.07) is 11.4. The molecule has 1 aromatic heterocycles. The molecule has 2 nitrogen and oxygen atoms in total. The van der Waals surface area contributed by atoms with E-state index in [9.17, 15) is 0 Å². The average molecular weight is 268 g/mol. The summed E-state index contributed by atoms with van der Waals surface area (Å²) in [4.78, 5) is 4.10. The number of pyridine rings is 1. The molecule has 1 atom stereocenters. The predicted molar refractivity (Wildman–Crippen MR) is 84.9 cm³/mol. The van der Waals surface area contributed by atoms with Crippen LogP contribution in [0.5, 0.6) is 0 Å². The summed E-state index contributed by atoms with van der Waals surface area (Å²) in [7, 11) is 0. The largest absolute Gasteiger partial charge is 0.310 e. The van der Waals surface area contributed by atoms with Gasteiger partial charge in [0.1, 0.15) is 0 Å². The number of hydrogen-bond acceptors (Lipinski definition) is 2. The van der Waals surface area contributed by atoms with Crippen molar-refractivity contribution >= 4 is 0 Å². The Morgan fingerprint density at radius 1 is 1.05 bits per heavy atom. The Morgan fingerprint density at radius 2 is 1.70 bits per heavy atom. The standard InChI is InChI=1S/C18H24N2/c1-4-7-20-18(13-16-5-8-19-9-6-16)17-11-14(2)10-15(3)12-17/h5-6,8-12,18,20H,4,7,13H2,1-3H3. The van der Waals surface area contributed by atoms with Crippen LogP contribution in [0.4, 0.5) is 0 Å². The third-order valence-corrected chi connectivity index (χ3v) is 3.48. The van der Waals surface area contributed by atoms with Crippen LogP contribution in [0.2, 0.25) is 0 Å². The van der Waals surface area contributed by atoms with Crippen molar-refractivity contribution in [3.05, 3.63) is 65.0 Å². The molecule has 106 valence electrons. The Bertz CT molecular complexity index is 514. The molecule has 0 radical (unpaired) electrons. The van der Waals surface area contributed by atoms with Gasteiger partial charge in [0.2, 0.25) is 0 Å². The number of nitrogens with one attached hydrogen (secondary N) is 1. The van der Waals surface area contributed by atoms with E-state index in [1.807, 2.05) is 12.4 Å². The van der Waals surface area contributed by atoms with Crippen molar-refractivity contribution in [2.24, 2.45) is 0 Å². The van der Waals surface area contributed by atoms with Gasteiger partial charge in [-0.05, 0) is 56.5 Å². The van der Waals surface area contributed by atoms with E-state index in [0.29, 0.717) is 6.04 Å². The third kappa shape index (κ3) is 4.17. The lowest BCUT2D eigenvalue weighted by atomic mass is 9.96. The first-order valence-electron chi connectivity index (χ1n) is 7.39. The zero-order valence-electron chi connectivity index (χ0n) is 12.7. The molecule has 0 amide bonds. The molecule has 2 heteroatoms. The molecule has 20 heavy (non-hydrogen) atoms. The molecule has 0 bridgehead atoms. The third-order valence-electron chi connectivity index (χ3n) is 3.48. The molecule has 0 aliphatic carbocycles. The van der Waals surface area contributed by atoms with Crippen molar-refractivity contribution in [2.75, 3.05) is 6.54 Å². The topological polar surface area (TPSA) is 24.9 Å².